The van der Waals surface area contributed by atoms with Crippen molar-refractivity contribution in [1.29, 1.82) is 0 Å². The van der Waals surface area contributed by atoms with Gasteiger partial charge in [-0.25, -0.2) is 4.68 Å². The predicted molar refractivity (Wildman–Crippen MR) is 34.9 cm³/mol. The fraction of sp³-hybridized carbons (Fsp3) is 0.667. The average Bonchev–Trinajstić information content (AvgIpc) is 2.08. The van der Waals surface area contributed by atoms with E-state index < -0.39 is 17.7 Å². The van der Waals surface area contributed by atoms with Gasteiger partial charge in [0.15, 0.2) is 0 Å². The third kappa shape index (κ3) is 1.53. The van der Waals surface area contributed by atoms with Crippen LogP contribution in [0.5, 0.6) is 0 Å². The van der Waals surface area contributed by atoms with E-state index in [1.807, 2.05) is 0 Å². The number of halogens is 2. The van der Waals surface area contributed by atoms with Crippen LogP contribution in [-0.4, -0.2) is 14.8 Å². The number of hydrogen-bond donors (Lipinski definition) is 0. The molecule has 1 heterocycles. The van der Waals surface area contributed by atoms with Crippen molar-refractivity contribution in [3.63, 3.8) is 0 Å². The second kappa shape index (κ2) is 2.25. The first-order chi connectivity index (χ1) is 4.91. The fourth-order valence-electron chi connectivity index (χ4n) is 0.696. The highest BCUT2D eigenvalue weighted by Crippen LogP contribution is 2.13. The predicted octanol–water partition coefficient (Wildman–Crippen LogP) is 1.31. The summed E-state index contributed by atoms with van der Waals surface area (Å²) in [6, 6.07) is 0. The molecule has 1 rings (SSSR count). The van der Waals surface area contributed by atoms with Crippen LogP contribution in [0.25, 0.3) is 0 Å². The standard InChI is InChI=1S/C6H9F2N3/c1-6(2,3)11-5(8)9-4(7)10-11/h1-3H3. The summed E-state index contributed by atoms with van der Waals surface area (Å²) in [7, 11) is 0. The highest BCUT2D eigenvalue weighted by Gasteiger charge is 2.20. The van der Waals surface area contributed by atoms with Gasteiger partial charge in [0.2, 0.25) is 0 Å². The summed E-state index contributed by atoms with van der Waals surface area (Å²) in [5.74, 6) is 0. The van der Waals surface area contributed by atoms with Crippen molar-refractivity contribution in [2.24, 2.45) is 0 Å². The number of hydrogen-bond acceptors (Lipinski definition) is 2. The SMILES string of the molecule is CC(C)(C)n1nc(F)nc1F. The second-order valence-corrected chi connectivity index (χ2v) is 3.23. The van der Waals surface area contributed by atoms with Gasteiger partial charge in [0, 0.05) is 0 Å². The van der Waals surface area contributed by atoms with Crippen molar-refractivity contribution in [3.05, 3.63) is 12.2 Å². The molecule has 0 spiro atoms. The maximum Gasteiger partial charge on any atom is 0.329 e. The van der Waals surface area contributed by atoms with Crippen molar-refractivity contribution < 1.29 is 8.78 Å². The highest BCUT2D eigenvalue weighted by molar-refractivity contribution is 4.75. The van der Waals surface area contributed by atoms with E-state index >= 15 is 0 Å². The summed E-state index contributed by atoms with van der Waals surface area (Å²) >= 11 is 0. The van der Waals surface area contributed by atoms with Gasteiger partial charge in [0.25, 0.3) is 0 Å². The van der Waals surface area contributed by atoms with E-state index in [0.717, 1.165) is 4.68 Å². The molecule has 11 heavy (non-hydrogen) atoms. The topological polar surface area (TPSA) is 30.7 Å². The van der Waals surface area contributed by atoms with Gasteiger partial charge in [0.05, 0.1) is 5.54 Å². The third-order valence-electron chi connectivity index (χ3n) is 1.18. The second-order valence-electron chi connectivity index (χ2n) is 3.23. The molecule has 1 aromatic rings. The zero-order chi connectivity index (χ0) is 8.65. The molecule has 0 bridgehead atoms. The molecule has 0 atom stereocenters. The van der Waals surface area contributed by atoms with Gasteiger partial charge in [-0.15, -0.1) is 5.10 Å². The molecule has 0 saturated heterocycles. The van der Waals surface area contributed by atoms with Crippen LogP contribution in [0, 0.1) is 12.2 Å². The Kier molecular flexibility index (Phi) is 1.66. The Labute approximate surface area is 63.0 Å². The van der Waals surface area contributed by atoms with Crippen molar-refractivity contribution in [2.75, 3.05) is 0 Å². The molecule has 0 N–H and O–H groups in total. The normalized spacial score (nSPS) is 12.1. The first kappa shape index (κ1) is 8.10. The molecule has 62 valence electrons. The lowest BCUT2D eigenvalue weighted by atomic mass is 10.1. The molecule has 0 aromatic carbocycles. The van der Waals surface area contributed by atoms with Crippen molar-refractivity contribution >= 4 is 0 Å². The summed E-state index contributed by atoms with van der Waals surface area (Å²) < 4.78 is 25.8. The molecular formula is C6H9F2N3. The van der Waals surface area contributed by atoms with Crippen molar-refractivity contribution in [1.82, 2.24) is 14.8 Å². The summed E-state index contributed by atoms with van der Waals surface area (Å²) in [5, 5.41) is 3.25. The number of nitrogens with zero attached hydrogens (tertiary/aromatic N) is 3. The number of rotatable bonds is 0. The lowest BCUT2D eigenvalue weighted by Gasteiger charge is -2.17. The molecule has 0 saturated carbocycles. The molecule has 0 aliphatic carbocycles. The Hall–Kier alpha value is -1.00. The van der Waals surface area contributed by atoms with E-state index in [9.17, 15) is 8.78 Å². The van der Waals surface area contributed by atoms with Crippen LogP contribution in [0.15, 0.2) is 0 Å². The maximum atomic E-state index is 12.7. The van der Waals surface area contributed by atoms with Gasteiger partial charge in [-0.3, -0.25) is 0 Å². The van der Waals surface area contributed by atoms with E-state index in [4.69, 9.17) is 0 Å². The third-order valence-corrected chi connectivity index (χ3v) is 1.18. The summed E-state index contributed by atoms with van der Waals surface area (Å²) in [4.78, 5) is 2.90. The van der Waals surface area contributed by atoms with Crippen LogP contribution < -0.4 is 0 Å². The Balaban J connectivity index is 3.13. The first-order valence-electron chi connectivity index (χ1n) is 3.20. The van der Waals surface area contributed by atoms with E-state index in [1.165, 1.54) is 0 Å². The lowest BCUT2D eigenvalue weighted by Crippen LogP contribution is -2.25. The van der Waals surface area contributed by atoms with Crippen LogP contribution in [0.3, 0.4) is 0 Å². The van der Waals surface area contributed by atoms with Gasteiger partial charge in [-0.2, -0.15) is 13.8 Å². The number of aromatic nitrogens is 3. The zero-order valence-corrected chi connectivity index (χ0v) is 6.60. The minimum atomic E-state index is -1.03. The Bertz CT molecular complexity index is 261. The summed E-state index contributed by atoms with van der Waals surface area (Å²) in [6.07, 6.45) is -1.92. The van der Waals surface area contributed by atoms with Crippen molar-refractivity contribution in [3.8, 4) is 0 Å². The molecule has 0 radical (unpaired) electrons. The Morgan fingerprint density at radius 1 is 1.27 bits per heavy atom. The summed E-state index contributed by atoms with van der Waals surface area (Å²) in [5.41, 5.74) is -0.568. The van der Waals surface area contributed by atoms with Crippen LogP contribution in [0.1, 0.15) is 20.8 Å². The monoisotopic (exact) mass is 161 g/mol. The van der Waals surface area contributed by atoms with E-state index in [0.29, 0.717) is 0 Å². The molecule has 0 amide bonds. The van der Waals surface area contributed by atoms with E-state index in [1.54, 1.807) is 20.8 Å². The maximum absolute atomic E-state index is 12.7. The molecule has 0 aliphatic rings. The molecule has 3 nitrogen and oxygen atoms in total. The lowest BCUT2D eigenvalue weighted by molar-refractivity contribution is 0.289. The van der Waals surface area contributed by atoms with E-state index in [2.05, 4.69) is 10.1 Å². The molecule has 0 unspecified atom stereocenters. The molecule has 0 aliphatic heterocycles. The first-order valence-corrected chi connectivity index (χ1v) is 3.20. The Morgan fingerprint density at radius 2 is 1.82 bits per heavy atom. The quantitative estimate of drug-likeness (QED) is 0.574. The van der Waals surface area contributed by atoms with Crippen LogP contribution in [-0.2, 0) is 5.54 Å². The smallest absolute Gasteiger partial charge is 0.214 e. The van der Waals surface area contributed by atoms with Gasteiger partial charge >= 0.3 is 12.2 Å². The van der Waals surface area contributed by atoms with Crippen LogP contribution in [0.2, 0.25) is 0 Å². The molecule has 5 heteroatoms. The molecular weight excluding hydrogens is 152 g/mol. The minimum absolute atomic E-state index is 0.568. The van der Waals surface area contributed by atoms with Crippen molar-refractivity contribution in [2.45, 2.75) is 26.3 Å². The van der Waals surface area contributed by atoms with Crippen LogP contribution >= 0.6 is 0 Å². The highest BCUT2D eigenvalue weighted by atomic mass is 19.1. The van der Waals surface area contributed by atoms with Crippen LogP contribution in [0.4, 0.5) is 8.78 Å². The molecule has 1 aromatic heterocycles. The minimum Gasteiger partial charge on any atom is -0.214 e. The largest absolute Gasteiger partial charge is 0.329 e. The van der Waals surface area contributed by atoms with E-state index in [-0.39, 0.29) is 0 Å². The zero-order valence-electron chi connectivity index (χ0n) is 6.60. The van der Waals surface area contributed by atoms with Gasteiger partial charge in [0.1, 0.15) is 0 Å². The van der Waals surface area contributed by atoms with Gasteiger partial charge < -0.3 is 0 Å². The molecule has 0 fully saturated rings. The summed E-state index contributed by atoms with van der Waals surface area (Å²) in [6.45, 7) is 5.14. The van der Waals surface area contributed by atoms with Gasteiger partial charge in [-0.1, -0.05) is 0 Å². The Morgan fingerprint density at radius 3 is 2.00 bits per heavy atom. The fourth-order valence-corrected chi connectivity index (χ4v) is 0.696. The van der Waals surface area contributed by atoms with Gasteiger partial charge in [-0.05, 0) is 20.8 Å². The average molecular weight is 161 g/mol.